The molecule has 0 radical (unpaired) electrons. The van der Waals surface area contributed by atoms with Gasteiger partial charge in [0.25, 0.3) is 0 Å². The number of hydrogen-bond acceptors (Lipinski definition) is 11. The normalized spacial score (nSPS) is 24.2. The average molecular weight is 824 g/mol. The van der Waals surface area contributed by atoms with Crippen LogP contribution in [0.1, 0.15) is 187 Å². The highest BCUT2D eigenvalue weighted by Crippen LogP contribution is 2.47. The zero-order valence-corrected chi connectivity index (χ0v) is 35.7. The highest BCUT2D eigenvalue weighted by atomic mass is 31.2. The zero-order chi connectivity index (χ0) is 41.6. The Bertz CT molecular complexity index is 1020. The molecule has 0 saturated heterocycles. The smallest absolute Gasteiger partial charge is 0.393 e. The molecule has 0 spiro atoms. The van der Waals surface area contributed by atoms with Gasteiger partial charge in [0.2, 0.25) is 5.91 Å². The summed E-state index contributed by atoms with van der Waals surface area (Å²) in [7, 11) is -5.12. The summed E-state index contributed by atoms with van der Waals surface area (Å²) in [4.78, 5) is 23.3. The van der Waals surface area contributed by atoms with Crippen molar-refractivity contribution in [1.82, 2.24) is 5.32 Å². The molecule has 1 saturated carbocycles. The summed E-state index contributed by atoms with van der Waals surface area (Å²) >= 11 is 0. The molecule has 0 bridgehead atoms. The van der Waals surface area contributed by atoms with Crippen molar-refractivity contribution in [3.05, 3.63) is 12.2 Å². The molecule has 0 aromatic rings. The number of carbonyl (C=O) groups is 1. The first-order valence-corrected chi connectivity index (χ1v) is 23.7. The van der Waals surface area contributed by atoms with Crippen LogP contribution in [-0.4, -0.2) is 108 Å². The van der Waals surface area contributed by atoms with Crippen LogP contribution in [0.25, 0.3) is 0 Å². The van der Waals surface area contributed by atoms with Crippen LogP contribution in [0.2, 0.25) is 0 Å². The first kappa shape index (κ1) is 53.1. The van der Waals surface area contributed by atoms with E-state index >= 15 is 0 Å². The molecule has 0 aliphatic heterocycles. The third-order valence-electron chi connectivity index (χ3n) is 10.9. The monoisotopic (exact) mass is 824 g/mol. The van der Waals surface area contributed by atoms with Gasteiger partial charge in [-0.15, -0.1) is 0 Å². The summed E-state index contributed by atoms with van der Waals surface area (Å²) in [6, 6.07) is -1.23. The molecule has 0 aromatic carbocycles. The molecule has 14 heteroatoms. The van der Waals surface area contributed by atoms with Crippen LogP contribution >= 0.6 is 7.82 Å². The van der Waals surface area contributed by atoms with E-state index in [-0.39, 0.29) is 6.42 Å². The van der Waals surface area contributed by atoms with Gasteiger partial charge in [-0.25, -0.2) is 4.57 Å². The van der Waals surface area contributed by atoms with E-state index in [0.717, 1.165) is 57.8 Å². The molecule has 8 unspecified atom stereocenters. The van der Waals surface area contributed by atoms with Gasteiger partial charge in [-0.2, -0.15) is 0 Å². The molecule has 9 N–H and O–H groups in total. The molecule has 13 nitrogen and oxygen atoms in total. The van der Waals surface area contributed by atoms with Crippen molar-refractivity contribution in [1.29, 1.82) is 0 Å². The van der Waals surface area contributed by atoms with Gasteiger partial charge in [0, 0.05) is 0 Å². The van der Waals surface area contributed by atoms with E-state index in [1.165, 1.54) is 102 Å². The number of nitrogens with one attached hydrogen (secondary N) is 1. The fourth-order valence-corrected chi connectivity index (χ4v) is 8.15. The lowest BCUT2D eigenvalue weighted by molar-refractivity contribution is -0.220. The molecule has 56 heavy (non-hydrogen) atoms. The first-order chi connectivity index (χ1) is 26.8. The van der Waals surface area contributed by atoms with E-state index in [2.05, 4.69) is 19.2 Å². The van der Waals surface area contributed by atoms with Gasteiger partial charge in [-0.05, 0) is 19.3 Å². The summed E-state index contributed by atoms with van der Waals surface area (Å²) in [5, 5.41) is 74.0. The summed E-state index contributed by atoms with van der Waals surface area (Å²) in [5.41, 5.74) is 0. The summed E-state index contributed by atoms with van der Waals surface area (Å²) in [5.74, 6) is -0.594. The quantitative estimate of drug-likeness (QED) is 0.0184. The third kappa shape index (κ3) is 24.8. The van der Waals surface area contributed by atoms with Crippen LogP contribution in [0.15, 0.2) is 12.2 Å². The van der Waals surface area contributed by atoms with Crippen molar-refractivity contribution in [3.63, 3.8) is 0 Å². The van der Waals surface area contributed by atoms with E-state index in [9.17, 15) is 50.0 Å². The number of hydrogen-bond donors (Lipinski definition) is 9. The summed E-state index contributed by atoms with van der Waals surface area (Å²) in [6.45, 7) is 3.65. The summed E-state index contributed by atoms with van der Waals surface area (Å²) < 4.78 is 22.7. The number of allylic oxidation sites excluding steroid dienone is 1. The lowest BCUT2D eigenvalue weighted by atomic mass is 9.85. The molecule has 1 aliphatic carbocycles. The van der Waals surface area contributed by atoms with Crippen LogP contribution in [0.3, 0.4) is 0 Å². The van der Waals surface area contributed by atoms with Crippen molar-refractivity contribution < 1.29 is 59.0 Å². The van der Waals surface area contributed by atoms with Gasteiger partial charge in [-0.3, -0.25) is 13.8 Å². The lowest BCUT2D eigenvalue weighted by Crippen LogP contribution is -2.64. The maximum Gasteiger partial charge on any atom is 0.472 e. The highest BCUT2D eigenvalue weighted by molar-refractivity contribution is 7.47. The van der Waals surface area contributed by atoms with Gasteiger partial charge in [0.15, 0.2) is 0 Å². The maximum absolute atomic E-state index is 12.9. The topological polar surface area (TPSA) is 226 Å². The Hall–Kier alpha value is -0.960. The largest absolute Gasteiger partial charge is 0.472 e. The van der Waals surface area contributed by atoms with Gasteiger partial charge in [0.1, 0.15) is 36.6 Å². The first-order valence-electron chi connectivity index (χ1n) is 22.2. The van der Waals surface area contributed by atoms with Crippen LogP contribution in [0.5, 0.6) is 0 Å². The maximum atomic E-state index is 12.9. The minimum absolute atomic E-state index is 0.241. The van der Waals surface area contributed by atoms with E-state index < -0.39 is 75.2 Å². The van der Waals surface area contributed by atoms with Crippen molar-refractivity contribution in [2.75, 3.05) is 6.61 Å². The Morgan fingerprint density at radius 2 is 1.02 bits per heavy atom. The van der Waals surface area contributed by atoms with Crippen LogP contribution in [0.4, 0.5) is 0 Å². The van der Waals surface area contributed by atoms with Gasteiger partial charge >= 0.3 is 7.82 Å². The molecule has 1 aliphatic rings. The second-order valence-corrected chi connectivity index (χ2v) is 17.5. The van der Waals surface area contributed by atoms with Crippen LogP contribution in [-0.2, 0) is 18.4 Å². The Kier molecular flexibility index (Phi) is 31.1. The van der Waals surface area contributed by atoms with Crippen molar-refractivity contribution >= 4 is 13.7 Å². The van der Waals surface area contributed by atoms with E-state index in [1.807, 2.05) is 0 Å². The number of aliphatic hydroxyl groups is 7. The minimum Gasteiger partial charge on any atom is -0.393 e. The van der Waals surface area contributed by atoms with Crippen LogP contribution < -0.4 is 5.32 Å². The number of aliphatic hydroxyl groups excluding tert-OH is 7. The van der Waals surface area contributed by atoms with E-state index in [1.54, 1.807) is 6.08 Å². The molecule has 1 fully saturated rings. The highest BCUT2D eigenvalue weighted by Gasteiger charge is 2.51. The lowest BCUT2D eigenvalue weighted by Gasteiger charge is -2.41. The fourth-order valence-electron chi connectivity index (χ4n) is 7.18. The standard InChI is InChI=1S/C42H82NO12P/c1-3-5-7-9-11-12-13-14-15-16-17-18-19-20-21-22-24-25-27-29-33(44)31-36(46)43-34(35(45)30-28-26-23-10-8-6-4-2)32-54-56(52,53)55-42-40(50)38(48)37(47)39(49)41(42)51/h28,30,33-35,37-42,44-45,47-51H,3-27,29,31-32H2,1-2H3,(H,43,46)(H,52,53)/b30-28+. The number of phosphoric acid groups is 1. The molecular formula is C42H82NO12P. The third-order valence-corrected chi connectivity index (χ3v) is 11.9. The second kappa shape index (κ2) is 32.8. The zero-order valence-electron chi connectivity index (χ0n) is 34.8. The SMILES string of the molecule is CCCCCCC/C=C/C(O)C(COP(=O)(O)OC1C(O)C(O)C(O)C(O)C1O)NC(=O)CC(O)CCCCCCCCCCCCCCCCCCCCC. The Morgan fingerprint density at radius 1 is 0.625 bits per heavy atom. The van der Waals surface area contributed by atoms with E-state index in [4.69, 9.17) is 9.05 Å². The van der Waals surface area contributed by atoms with Crippen molar-refractivity contribution in [3.8, 4) is 0 Å². The van der Waals surface area contributed by atoms with Crippen molar-refractivity contribution in [2.45, 2.75) is 242 Å². The molecule has 8 atom stereocenters. The summed E-state index contributed by atoms with van der Waals surface area (Å²) in [6.07, 6.45) is 19.3. The van der Waals surface area contributed by atoms with Gasteiger partial charge in [0.05, 0.1) is 31.3 Å². The second-order valence-electron chi connectivity index (χ2n) is 16.1. The average Bonchev–Trinajstić information content (AvgIpc) is 3.17. The van der Waals surface area contributed by atoms with Gasteiger partial charge < -0.3 is 46.0 Å². The molecule has 332 valence electrons. The number of amides is 1. The predicted molar refractivity (Wildman–Crippen MR) is 220 cm³/mol. The number of rotatable bonds is 36. The molecular weight excluding hydrogens is 741 g/mol. The minimum atomic E-state index is -5.12. The molecule has 0 aromatic heterocycles. The van der Waals surface area contributed by atoms with E-state index in [0.29, 0.717) is 12.8 Å². The Balaban J connectivity index is 2.41. The number of phosphoric ester groups is 1. The number of unbranched alkanes of at least 4 members (excludes halogenated alkanes) is 23. The molecule has 1 rings (SSSR count). The van der Waals surface area contributed by atoms with Crippen molar-refractivity contribution in [2.24, 2.45) is 0 Å². The molecule has 0 heterocycles. The van der Waals surface area contributed by atoms with Gasteiger partial charge in [-0.1, -0.05) is 174 Å². The van der Waals surface area contributed by atoms with Crippen LogP contribution in [0, 0.1) is 0 Å². The predicted octanol–water partition coefficient (Wildman–Crippen LogP) is 6.64. The Morgan fingerprint density at radius 3 is 1.46 bits per heavy atom. The molecule has 1 amide bonds. The number of carbonyl (C=O) groups excluding carboxylic acids is 1. The fraction of sp³-hybridized carbons (Fsp3) is 0.929. The Labute approximate surface area is 338 Å².